The number of carbonyl (C=O) groups excluding carboxylic acids is 1. The fourth-order valence-corrected chi connectivity index (χ4v) is 1.55. The average molecular weight is 246 g/mol. The quantitative estimate of drug-likeness (QED) is 0.763. The minimum Gasteiger partial charge on any atom is -0.465 e. The Morgan fingerprint density at radius 2 is 2.06 bits per heavy atom. The lowest BCUT2D eigenvalue weighted by Crippen LogP contribution is -2.07. The number of esters is 1. The van der Waals surface area contributed by atoms with Gasteiger partial charge in [0.15, 0.2) is 5.82 Å². The van der Waals surface area contributed by atoms with Crippen LogP contribution in [0, 0.1) is 12.7 Å². The molecule has 1 heterocycles. The predicted molar refractivity (Wildman–Crippen MR) is 63.5 cm³/mol. The molecular formula is C13H11FN2O2. The number of carbonyl (C=O) groups is 1. The molecule has 0 N–H and O–H groups in total. The molecule has 2 rings (SSSR count). The molecule has 0 unspecified atom stereocenters. The normalized spacial score (nSPS) is 10.2. The number of aromatic nitrogens is 2. The molecule has 0 saturated carbocycles. The molecule has 0 atom stereocenters. The van der Waals surface area contributed by atoms with Crippen molar-refractivity contribution in [1.82, 2.24) is 9.97 Å². The van der Waals surface area contributed by atoms with E-state index in [4.69, 9.17) is 0 Å². The Balaban J connectivity index is 2.47. The van der Waals surface area contributed by atoms with Gasteiger partial charge < -0.3 is 4.74 Å². The van der Waals surface area contributed by atoms with E-state index in [0.29, 0.717) is 11.3 Å². The molecule has 0 aliphatic rings. The summed E-state index contributed by atoms with van der Waals surface area (Å²) >= 11 is 0. The molecule has 0 aliphatic carbocycles. The zero-order chi connectivity index (χ0) is 13.1. The van der Waals surface area contributed by atoms with Crippen LogP contribution in [0.4, 0.5) is 4.39 Å². The highest BCUT2D eigenvalue weighted by molar-refractivity contribution is 5.90. The number of benzene rings is 1. The monoisotopic (exact) mass is 246 g/mol. The van der Waals surface area contributed by atoms with Gasteiger partial charge in [-0.1, -0.05) is 12.1 Å². The van der Waals surface area contributed by atoms with Gasteiger partial charge >= 0.3 is 5.97 Å². The third-order valence-electron chi connectivity index (χ3n) is 2.50. The van der Waals surface area contributed by atoms with Gasteiger partial charge in [0.25, 0.3) is 0 Å². The summed E-state index contributed by atoms with van der Waals surface area (Å²) in [4.78, 5) is 19.5. The van der Waals surface area contributed by atoms with Crippen molar-refractivity contribution in [2.24, 2.45) is 0 Å². The third-order valence-corrected chi connectivity index (χ3v) is 2.50. The molecule has 0 radical (unpaired) electrons. The van der Waals surface area contributed by atoms with E-state index in [2.05, 4.69) is 14.7 Å². The van der Waals surface area contributed by atoms with Crippen molar-refractivity contribution < 1.29 is 13.9 Å². The lowest BCUT2D eigenvalue weighted by molar-refractivity contribution is 0.0599. The van der Waals surface area contributed by atoms with Crippen molar-refractivity contribution >= 4 is 5.97 Å². The van der Waals surface area contributed by atoms with E-state index in [-0.39, 0.29) is 11.4 Å². The minimum atomic E-state index is -0.507. The number of ether oxygens (including phenoxy) is 1. The van der Waals surface area contributed by atoms with Crippen LogP contribution in [-0.2, 0) is 4.74 Å². The summed E-state index contributed by atoms with van der Waals surface area (Å²) < 4.78 is 18.2. The summed E-state index contributed by atoms with van der Waals surface area (Å²) in [6.45, 7) is 1.65. The fourth-order valence-electron chi connectivity index (χ4n) is 1.55. The molecule has 0 amide bonds. The molecular weight excluding hydrogens is 235 g/mol. The van der Waals surface area contributed by atoms with Crippen LogP contribution in [0.3, 0.4) is 0 Å². The first kappa shape index (κ1) is 12.2. The van der Waals surface area contributed by atoms with E-state index >= 15 is 0 Å². The Hall–Kier alpha value is -2.30. The van der Waals surface area contributed by atoms with Crippen molar-refractivity contribution in [3.63, 3.8) is 0 Å². The maximum absolute atomic E-state index is 13.6. The number of hydrogen-bond acceptors (Lipinski definition) is 4. The molecule has 0 saturated heterocycles. The largest absolute Gasteiger partial charge is 0.465 e. The van der Waals surface area contributed by atoms with Crippen molar-refractivity contribution in [2.75, 3.05) is 7.11 Å². The molecule has 1 aromatic heterocycles. The minimum absolute atomic E-state index is 0.248. The first-order valence-electron chi connectivity index (χ1n) is 5.30. The van der Waals surface area contributed by atoms with Gasteiger partial charge in [0.2, 0.25) is 0 Å². The summed E-state index contributed by atoms with van der Waals surface area (Å²) in [5, 5.41) is 0. The molecule has 92 valence electrons. The highest BCUT2D eigenvalue weighted by Gasteiger charge is 2.14. The maximum Gasteiger partial charge on any atom is 0.341 e. The topological polar surface area (TPSA) is 52.1 Å². The van der Waals surface area contributed by atoms with E-state index in [1.54, 1.807) is 25.1 Å². The Kier molecular flexibility index (Phi) is 3.32. The van der Waals surface area contributed by atoms with Gasteiger partial charge in [0.05, 0.1) is 23.9 Å². The lowest BCUT2D eigenvalue weighted by atomic mass is 10.2. The van der Waals surface area contributed by atoms with Crippen LogP contribution in [0.1, 0.15) is 16.1 Å². The van der Waals surface area contributed by atoms with Gasteiger partial charge in [-0.3, -0.25) is 0 Å². The smallest absolute Gasteiger partial charge is 0.341 e. The highest BCUT2D eigenvalue weighted by atomic mass is 19.1. The standard InChI is InChI=1S/C13H11FN2O2/c1-8-10(13(17)18-2)7-15-12(16-8)9-5-3-4-6-11(9)14/h3-7H,1-2H3. The summed E-state index contributed by atoms with van der Waals surface area (Å²) in [5.74, 6) is -0.659. The summed E-state index contributed by atoms with van der Waals surface area (Å²) in [6, 6.07) is 6.21. The van der Waals surface area contributed by atoms with E-state index in [9.17, 15) is 9.18 Å². The lowest BCUT2D eigenvalue weighted by Gasteiger charge is -2.06. The number of methoxy groups -OCH3 is 1. The van der Waals surface area contributed by atoms with Crippen LogP contribution in [0.25, 0.3) is 11.4 Å². The summed E-state index contributed by atoms with van der Waals surface area (Å²) in [7, 11) is 1.28. The molecule has 0 aliphatic heterocycles. The molecule has 0 spiro atoms. The predicted octanol–water partition coefficient (Wildman–Crippen LogP) is 2.38. The summed E-state index contributed by atoms with van der Waals surface area (Å²) in [5.41, 5.74) is 1.03. The Labute approximate surface area is 103 Å². The third kappa shape index (κ3) is 2.20. The molecule has 2 aromatic rings. The Morgan fingerprint density at radius 3 is 2.67 bits per heavy atom. The van der Waals surface area contributed by atoms with Crippen molar-refractivity contribution in [2.45, 2.75) is 6.92 Å². The SMILES string of the molecule is COC(=O)c1cnc(-c2ccccc2F)nc1C. The number of rotatable bonds is 2. The number of nitrogens with zero attached hydrogens (tertiary/aromatic N) is 2. The molecule has 0 fully saturated rings. The molecule has 4 nitrogen and oxygen atoms in total. The maximum atomic E-state index is 13.6. The zero-order valence-corrected chi connectivity index (χ0v) is 9.98. The van der Waals surface area contributed by atoms with E-state index in [1.807, 2.05) is 0 Å². The van der Waals surface area contributed by atoms with Crippen LogP contribution in [0.2, 0.25) is 0 Å². The average Bonchev–Trinajstić information content (AvgIpc) is 2.38. The van der Waals surface area contributed by atoms with Gasteiger partial charge in [-0.05, 0) is 19.1 Å². The highest BCUT2D eigenvalue weighted by Crippen LogP contribution is 2.19. The number of hydrogen-bond donors (Lipinski definition) is 0. The molecule has 18 heavy (non-hydrogen) atoms. The van der Waals surface area contributed by atoms with Gasteiger partial charge in [-0.25, -0.2) is 19.2 Å². The van der Waals surface area contributed by atoms with Crippen LogP contribution in [0.5, 0.6) is 0 Å². The van der Waals surface area contributed by atoms with Crippen molar-refractivity contribution in [1.29, 1.82) is 0 Å². The molecule has 0 bridgehead atoms. The van der Waals surface area contributed by atoms with Gasteiger partial charge in [-0.2, -0.15) is 0 Å². The second kappa shape index (κ2) is 4.91. The second-order valence-electron chi connectivity index (χ2n) is 3.66. The van der Waals surface area contributed by atoms with Crippen LogP contribution < -0.4 is 0 Å². The van der Waals surface area contributed by atoms with Crippen molar-refractivity contribution in [3.05, 3.63) is 47.5 Å². The van der Waals surface area contributed by atoms with Gasteiger partial charge in [-0.15, -0.1) is 0 Å². The first-order valence-corrected chi connectivity index (χ1v) is 5.30. The van der Waals surface area contributed by atoms with E-state index in [0.717, 1.165) is 0 Å². The zero-order valence-electron chi connectivity index (χ0n) is 9.98. The fraction of sp³-hybridized carbons (Fsp3) is 0.154. The van der Waals surface area contributed by atoms with Crippen LogP contribution in [0.15, 0.2) is 30.5 Å². The Morgan fingerprint density at radius 1 is 1.33 bits per heavy atom. The van der Waals surface area contributed by atoms with Crippen LogP contribution in [-0.4, -0.2) is 23.0 Å². The van der Waals surface area contributed by atoms with Crippen molar-refractivity contribution in [3.8, 4) is 11.4 Å². The van der Waals surface area contributed by atoms with E-state index in [1.165, 1.54) is 19.4 Å². The number of halogens is 1. The summed E-state index contributed by atoms with van der Waals surface area (Å²) in [6.07, 6.45) is 1.34. The molecule has 5 heteroatoms. The number of aryl methyl sites for hydroxylation is 1. The van der Waals surface area contributed by atoms with Gasteiger partial charge in [0.1, 0.15) is 5.82 Å². The second-order valence-corrected chi connectivity index (χ2v) is 3.66. The van der Waals surface area contributed by atoms with E-state index < -0.39 is 11.8 Å². The van der Waals surface area contributed by atoms with Crippen LogP contribution >= 0.6 is 0 Å². The van der Waals surface area contributed by atoms with Gasteiger partial charge in [0, 0.05) is 6.20 Å². The first-order chi connectivity index (χ1) is 8.63. The Bertz CT molecular complexity index is 599. The molecule has 1 aromatic carbocycles.